The van der Waals surface area contributed by atoms with E-state index in [1.807, 2.05) is 48.6 Å². The second-order valence-corrected chi connectivity index (χ2v) is 8.14. The van der Waals surface area contributed by atoms with Gasteiger partial charge in [0.2, 0.25) is 0 Å². The molecule has 144 valence electrons. The number of hydrogen-bond acceptors (Lipinski definition) is 4. The topological polar surface area (TPSA) is 71.7 Å². The maximum absolute atomic E-state index is 11.2. The number of ether oxygens (including phenoxy) is 1. The fourth-order valence-corrected chi connectivity index (χ4v) is 3.21. The van der Waals surface area contributed by atoms with Crippen molar-refractivity contribution in [2.45, 2.75) is 18.8 Å². The van der Waals surface area contributed by atoms with E-state index < -0.39 is 16.4 Å². The van der Waals surface area contributed by atoms with Gasteiger partial charge in [-0.3, -0.25) is 4.79 Å². The minimum atomic E-state index is -0.986. The standard InChI is InChI=1S/C22H20ClNO4/c1-21(2,20(25)26)13-27-16-8-7-15-11-19(28-18(15)12-16)22(23)10-9-14-5-3-4-6-17(14)24-22/h3-12,24H,13H2,1-2H3,(H,25,26). The van der Waals surface area contributed by atoms with E-state index in [-0.39, 0.29) is 6.61 Å². The van der Waals surface area contributed by atoms with E-state index in [1.165, 1.54) is 0 Å². The lowest BCUT2D eigenvalue weighted by Crippen LogP contribution is -2.30. The molecule has 0 radical (unpaired) electrons. The first-order valence-corrected chi connectivity index (χ1v) is 9.30. The van der Waals surface area contributed by atoms with Crippen LogP contribution in [0.25, 0.3) is 17.0 Å². The molecule has 1 aliphatic heterocycles. The maximum atomic E-state index is 11.2. The van der Waals surface area contributed by atoms with Gasteiger partial charge in [0.15, 0.2) is 5.00 Å². The molecule has 0 bridgehead atoms. The fourth-order valence-electron chi connectivity index (χ4n) is 2.95. The first-order valence-electron chi connectivity index (χ1n) is 8.92. The zero-order valence-electron chi connectivity index (χ0n) is 15.5. The van der Waals surface area contributed by atoms with E-state index in [0.717, 1.165) is 16.6 Å². The van der Waals surface area contributed by atoms with Crippen LogP contribution in [0.4, 0.5) is 5.69 Å². The molecule has 28 heavy (non-hydrogen) atoms. The van der Waals surface area contributed by atoms with Gasteiger partial charge in [0.25, 0.3) is 0 Å². The van der Waals surface area contributed by atoms with Gasteiger partial charge in [-0.05, 0) is 49.8 Å². The largest absolute Gasteiger partial charge is 0.492 e. The summed E-state index contributed by atoms with van der Waals surface area (Å²) in [4.78, 5) is 10.2. The first kappa shape index (κ1) is 18.4. The predicted molar refractivity (Wildman–Crippen MR) is 110 cm³/mol. The molecule has 0 spiro atoms. The number of aliphatic carboxylic acids is 1. The third-order valence-corrected chi connectivity index (χ3v) is 5.21. The average molecular weight is 398 g/mol. The van der Waals surface area contributed by atoms with Crippen LogP contribution in [0.15, 0.2) is 59.0 Å². The molecular formula is C22H20ClNO4. The number of halogens is 1. The second-order valence-electron chi connectivity index (χ2n) is 7.55. The van der Waals surface area contributed by atoms with Crippen molar-refractivity contribution >= 4 is 40.3 Å². The molecular weight excluding hydrogens is 378 g/mol. The van der Waals surface area contributed by atoms with E-state index in [2.05, 4.69) is 5.32 Å². The van der Waals surface area contributed by atoms with Crippen LogP contribution in [0.2, 0.25) is 0 Å². The Balaban J connectivity index is 1.60. The molecule has 0 fully saturated rings. The zero-order chi connectivity index (χ0) is 19.9. The normalized spacial score (nSPS) is 18.5. The van der Waals surface area contributed by atoms with Crippen molar-refractivity contribution in [2.75, 3.05) is 11.9 Å². The summed E-state index contributed by atoms with van der Waals surface area (Å²) in [6.07, 6.45) is 3.83. The van der Waals surface area contributed by atoms with E-state index in [4.69, 9.17) is 20.8 Å². The van der Waals surface area contributed by atoms with Crippen molar-refractivity contribution < 1.29 is 19.1 Å². The summed E-state index contributed by atoms with van der Waals surface area (Å²) in [5, 5.41) is 13.4. The summed E-state index contributed by atoms with van der Waals surface area (Å²) in [5.74, 6) is 0.204. The number of hydrogen-bond donors (Lipinski definition) is 2. The summed E-state index contributed by atoms with van der Waals surface area (Å²) in [5.41, 5.74) is 1.63. The number of rotatable bonds is 5. The number of furan rings is 1. The summed E-state index contributed by atoms with van der Waals surface area (Å²) < 4.78 is 11.7. The van der Waals surface area contributed by atoms with Crippen LogP contribution in [0.5, 0.6) is 5.75 Å². The molecule has 6 heteroatoms. The lowest BCUT2D eigenvalue weighted by atomic mass is 9.95. The van der Waals surface area contributed by atoms with Gasteiger partial charge < -0.3 is 19.6 Å². The van der Waals surface area contributed by atoms with Gasteiger partial charge in [-0.1, -0.05) is 35.9 Å². The predicted octanol–water partition coefficient (Wildman–Crippen LogP) is 5.45. The molecule has 1 unspecified atom stereocenters. The smallest absolute Gasteiger partial charge is 0.312 e. The Morgan fingerprint density at radius 1 is 1.25 bits per heavy atom. The van der Waals surface area contributed by atoms with Gasteiger partial charge in [0.05, 0.1) is 5.41 Å². The number of carboxylic acids is 1. The monoisotopic (exact) mass is 397 g/mol. The molecule has 1 atom stereocenters. The number of carbonyl (C=O) groups is 1. The van der Waals surface area contributed by atoms with Crippen molar-refractivity contribution in [3.05, 3.63) is 65.9 Å². The summed E-state index contributed by atoms with van der Waals surface area (Å²) in [6, 6.07) is 15.2. The van der Waals surface area contributed by atoms with E-state index in [1.54, 1.807) is 26.0 Å². The highest BCUT2D eigenvalue weighted by molar-refractivity contribution is 6.27. The van der Waals surface area contributed by atoms with E-state index in [0.29, 0.717) is 17.1 Å². The Kier molecular flexibility index (Phi) is 4.35. The van der Waals surface area contributed by atoms with Crippen LogP contribution in [-0.2, 0) is 9.79 Å². The van der Waals surface area contributed by atoms with Crippen molar-refractivity contribution in [1.29, 1.82) is 0 Å². The highest BCUT2D eigenvalue weighted by Crippen LogP contribution is 2.40. The second kappa shape index (κ2) is 6.60. The molecule has 4 rings (SSSR count). The lowest BCUT2D eigenvalue weighted by Gasteiger charge is -2.28. The third-order valence-electron chi connectivity index (χ3n) is 4.80. The molecule has 5 nitrogen and oxygen atoms in total. The maximum Gasteiger partial charge on any atom is 0.312 e. The Morgan fingerprint density at radius 2 is 2.04 bits per heavy atom. The Bertz CT molecular complexity index is 1090. The van der Waals surface area contributed by atoms with Crippen molar-refractivity contribution in [2.24, 2.45) is 5.41 Å². The van der Waals surface area contributed by atoms with Crippen molar-refractivity contribution in [3.8, 4) is 5.75 Å². The third kappa shape index (κ3) is 3.34. The molecule has 2 aromatic carbocycles. The number of fused-ring (bicyclic) bond motifs is 2. The molecule has 2 heterocycles. The number of carboxylic acid groups (broad SMARTS) is 1. The SMILES string of the molecule is CC(C)(COc1ccc2cc(C3(Cl)C=Cc4ccccc4N3)oc2c1)C(=O)O. The molecule has 1 aliphatic rings. The van der Waals surface area contributed by atoms with Gasteiger partial charge in [-0.2, -0.15) is 0 Å². The molecule has 0 aliphatic carbocycles. The summed E-state index contributed by atoms with van der Waals surface area (Å²) in [6.45, 7) is 3.30. The number of benzene rings is 2. The van der Waals surface area contributed by atoms with Crippen LogP contribution in [0, 0.1) is 5.41 Å². The van der Waals surface area contributed by atoms with Gasteiger partial charge in [-0.15, -0.1) is 0 Å². The highest BCUT2D eigenvalue weighted by Gasteiger charge is 2.33. The molecule has 1 aromatic heterocycles. The molecule has 3 aromatic rings. The molecule has 0 amide bonds. The fraction of sp³-hybridized carbons (Fsp3) is 0.227. The molecule has 0 saturated carbocycles. The number of anilines is 1. The first-order chi connectivity index (χ1) is 13.3. The quantitative estimate of drug-likeness (QED) is 0.442. The highest BCUT2D eigenvalue weighted by atomic mass is 35.5. The van der Waals surface area contributed by atoms with Crippen molar-refractivity contribution in [3.63, 3.8) is 0 Å². The average Bonchev–Trinajstić information content (AvgIpc) is 3.10. The summed E-state index contributed by atoms with van der Waals surface area (Å²) >= 11 is 6.81. The van der Waals surface area contributed by atoms with Crippen LogP contribution >= 0.6 is 11.6 Å². The Morgan fingerprint density at radius 3 is 2.82 bits per heavy atom. The molecule has 2 N–H and O–H groups in total. The van der Waals surface area contributed by atoms with Crippen LogP contribution < -0.4 is 10.1 Å². The van der Waals surface area contributed by atoms with E-state index in [9.17, 15) is 9.90 Å². The molecule has 0 saturated heterocycles. The van der Waals surface area contributed by atoms with Gasteiger partial charge in [0, 0.05) is 17.1 Å². The van der Waals surface area contributed by atoms with Gasteiger partial charge in [0.1, 0.15) is 23.7 Å². The number of para-hydroxylation sites is 1. The van der Waals surface area contributed by atoms with E-state index >= 15 is 0 Å². The van der Waals surface area contributed by atoms with Crippen LogP contribution in [-0.4, -0.2) is 17.7 Å². The van der Waals surface area contributed by atoms with Gasteiger partial charge in [-0.25, -0.2) is 0 Å². The van der Waals surface area contributed by atoms with Crippen LogP contribution in [0.3, 0.4) is 0 Å². The zero-order valence-corrected chi connectivity index (χ0v) is 16.3. The van der Waals surface area contributed by atoms with Gasteiger partial charge >= 0.3 is 5.97 Å². The summed E-state index contributed by atoms with van der Waals surface area (Å²) in [7, 11) is 0. The van der Waals surface area contributed by atoms with Crippen molar-refractivity contribution in [1.82, 2.24) is 0 Å². The number of alkyl halides is 1. The van der Waals surface area contributed by atoms with Crippen LogP contribution in [0.1, 0.15) is 25.2 Å². The number of nitrogens with one attached hydrogen (secondary N) is 1. The Hall–Kier alpha value is -2.92. The Labute approximate surface area is 167 Å². The minimum Gasteiger partial charge on any atom is -0.492 e. The minimum absolute atomic E-state index is 0.0575. The lowest BCUT2D eigenvalue weighted by molar-refractivity contribution is -0.148.